The zero-order valence-electron chi connectivity index (χ0n) is 17.1. The number of piperidine rings is 1. The number of ether oxygens (including phenoxy) is 1. The molecule has 0 aliphatic carbocycles. The van der Waals surface area contributed by atoms with E-state index in [1.54, 1.807) is 23.2 Å². The molecule has 29 heavy (non-hydrogen) atoms. The number of nitrogens with two attached hydrogens (primary N) is 1. The number of nitrogens with zero attached hydrogens (tertiary/aromatic N) is 1. The highest BCUT2D eigenvalue weighted by Crippen LogP contribution is 2.23. The second-order valence-electron chi connectivity index (χ2n) is 7.37. The van der Waals surface area contributed by atoms with Gasteiger partial charge in [0.25, 0.3) is 5.91 Å². The van der Waals surface area contributed by atoms with Gasteiger partial charge in [0.1, 0.15) is 6.04 Å². The molecule has 0 spiro atoms. The number of hydrogen-bond acceptors (Lipinski definition) is 4. The van der Waals surface area contributed by atoms with E-state index in [-0.39, 0.29) is 24.1 Å². The normalized spacial score (nSPS) is 15.7. The van der Waals surface area contributed by atoms with E-state index in [2.05, 4.69) is 53.3 Å². The lowest BCUT2D eigenvalue weighted by atomic mass is 10.0. The summed E-state index contributed by atoms with van der Waals surface area (Å²) in [7, 11) is 0. The molecule has 0 radical (unpaired) electrons. The van der Waals surface area contributed by atoms with Gasteiger partial charge in [0.15, 0.2) is 6.54 Å². The van der Waals surface area contributed by atoms with Crippen LogP contribution in [0.25, 0.3) is 0 Å². The van der Waals surface area contributed by atoms with Gasteiger partial charge in [-0.2, -0.15) is 0 Å². The summed E-state index contributed by atoms with van der Waals surface area (Å²) in [6.07, 6.45) is 1.26. The Balaban J connectivity index is 1.51. The van der Waals surface area contributed by atoms with Crippen molar-refractivity contribution in [3.05, 3.63) is 57.8 Å². The molecule has 156 valence electrons. The molecule has 1 atom stereocenters. The van der Waals surface area contributed by atoms with E-state index in [9.17, 15) is 9.59 Å². The largest absolute Gasteiger partial charge is 0.450 e. The van der Waals surface area contributed by atoms with Crippen molar-refractivity contribution in [2.75, 3.05) is 26.2 Å². The zero-order chi connectivity index (χ0) is 20.6. The van der Waals surface area contributed by atoms with Crippen LogP contribution in [0.5, 0.6) is 0 Å². The van der Waals surface area contributed by atoms with E-state index in [0.717, 1.165) is 12.8 Å². The van der Waals surface area contributed by atoms with Crippen molar-refractivity contribution >= 4 is 23.3 Å². The molecule has 7 heteroatoms. The maximum absolute atomic E-state index is 12.5. The molecule has 0 saturated carbocycles. The smallest absolute Gasteiger partial charge is 0.409 e. The van der Waals surface area contributed by atoms with Gasteiger partial charge in [-0.25, -0.2) is 4.79 Å². The number of likely N-dealkylation sites (tertiary alicyclic amines) is 1. The quantitative estimate of drug-likeness (QED) is 0.728. The Morgan fingerprint density at radius 1 is 1.24 bits per heavy atom. The topological polar surface area (TPSA) is 75.2 Å². The fourth-order valence-corrected chi connectivity index (χ4v) is 4.44. The fourth-order valence-electron chi connectivity index (χ4n) is 3.59. The molecular weight excluding hydrogens is 386 g/mol. The van der Waals surface area contributed by atoms with Crippen molar-refractivity contribution in [1.29, 1.82) is 0 Å². The van der Waals surface area contributed by atoms with Crippen LogP contribution in [0.4, 0.5) is 4.79 Å². The summed E-state index contributed by atoms with van der Waals surface area (Å²) in [6.45, 7) is 5.88. The number of benzene rings is 1. The van der Waals surface area contributed by atoms with E-state index >= 15 is 0 Å². The zero-order valence-corrected chi connectivity index (χ0v) is 17.9. The number of rotatable bonds is 7. The van der Waals surface area contributed by atoms with Crippen LogP contribution in [0.15, 0.2) is 41.8 Å². The maximum atomic E-state index is 12.5. The summed E-state index contributed by atoms with van der Waals surface area (Å²) < 4.78 is 5.04. The number of carbonyl (C=O) groups excluding carboxylic acids is 2. The lowest BCUT2D eigenvalue weighted by molar-refractivity contribution is -0.676. The molecule has 1 aromatic heterocycles. The number of quaternary nitrogens is 1. The molecule has 0 unspecified atom stereocenters. The Hall–Kier alpha value is -2.38. The minimum Gasteiger partial charge on any atom is -0.450 e. The van der Waals surface area contributed by atoms with Crippen LogP contribution >= 0.6 is 11.3 Å². The molecule has 1 aromatic carbocycles. The van der Waals surface area contributed by atoms with Gasteiger partial charge in [0.2, 0.25) is 0 Å². The molecule has 1 aliphatic heterocycles. The van der Waals surface area contributed by atoms with Gasteiger partial charge in [-0.3, -0.25) is 4.79 Å². The van der Waals surface area contributed by atoms with Crippen molar-refractivity contribution in [3.63, 3.8) is 0 Å². The van der Waals surface area contributed by atoms with Gasteiger partial charge in [0.05, 0.1) is 11.5 Å². The number of aryl methyl sites for hydroxylation is 1. The van der Waals surface area contributed by atoms with Gasteiger partial charge in [-0.1, -0.05) is 35.9 Å². The monoisotopic (exact) mass is 416 g/mol. The SMILES string of the molecule is CCOC(=O)N1CCC(NC(=O)C[NH2+][C@H](c2ccc(C)cc2)c2cccs2)CC1. The molecule has 1 fully saturated rings. The highest BCUT2D eigenvalue weighted by molar-refractivity contribution is 7.10. The second kappa shape index (κ2) is 10.4. The third kappa shape index (κ3) is 6.05. The summed E-state index contributed by atoms with van der Waals surface area (Å²) in [5.41, 5.74) is 2.43. The molecule has 2 amide bonds. The van der Waals surface area contributed by atoms with Gasteiger partial charge >= 0.3 is 6.09 Å². The minimum atomic E-state index is -0.262. The Labute approximate surface area is 176 Å². The van der Waals surface area contributed by atoms with Crippen molar-refractivity contribution in [2.24, 2.45) is 0 Å². The standard InChI is InChI=1S/C22H29N3O3S/c1-3-28-22(27)25-12-10-18(11-13-25)24-20(26)15-23-21(19-5-4-14-29-19)17-8-6-16(2)7-9-17/h4-9,14,18,21,23H,3,10-13,15H2,1-2H3,(H,24,26)/p+1/t21-/m1/s1. The number of amides is 2. The van der Waals surface area contributed by atoms with Crippen LogP contribution in [0.2, 0.25) is 0 Å². The van der Waals surface area contributed by atoms with Gasteiger partial charge in [-0.05, 0) is 38.1 Å². The molecule has 2 heterocycles. The van der Waals surface area contributed by atoms with Crippen LogP contribution in [-0.2, 0) is 9.53 Å². The lowest BCUT2D eigenvalue weighted by Gasteiger charge is -2.31. The molecule has 2 aromatic rings. The Morgan fingerprint density at radius 2 is 1.97 bits per heavy atom. The predicted octanol–water partition coefficient (Wildman–Crippen LogP) is 2.45. The average molecular weight is 417 g/mol. The number of thiophene rings is 1. The Morgan fingerprint density at radius 3 is 2.59 bits per heavy atom. The molecule has 0 bridgehead atoms. The highest BCUT2D eigenvalue weighted by Gasteiger charge is 2.26. The summed E-state index contributed by atoms with van der Waals surface area (Å²) in [5.74, 6) is 0.0354. The van der Waals surface area contributed by atoms with Crippen molar-refractivity contribution in [2.45, 2.75) is 38.8 Å². The van der Waals surface area contributed by atoms with Crippen molar-refractivity contribution < 1.29 is 19.6 Å². The first-order chi connectivity index (χ1) is 14.1. The Bertz CT molecular complexity index is 784. The van der Waals surface area contributed by atoms with Crippen LogP contribution in [-0.4, -0.2) is 49.2 Å². The Kier molecular flexibility index (Phi) is 7.66. The third-order valence-corrected chi connectivity index (χ3v) is 6.17. The minimum absolute atomic E-state index is 0.0354. The van der Waals surface area contributed by atoms with Gasteiger partial charge in [0, 0.05) is 24.7 Å². The van der Waals surface area contributed by atoms with E-state index in [1.807, 2.05) is 6.07 Å². The number of nitrogens with one attached hydrogen (secondary N) is 1. The predicted molar refractivity (Wildman–Crippen MR) is 114 cm³/mol. The van der Waals surface area contributed by atoms with Crippen molar-refractivity contribution in [3.8, 4) is 0 Å². The van der Waals surface area contributed by atoms with E-state index < -0.39 is 0 Å². The van der Waals surface area contributed by atoms with E-state index in [0.29, 0.717) is 26.2 Å². The summed E-state index contributed by atoms with van der Waals surface area (Å²) in [6, 6.07) is 12.9. The van der Waals surface area contributed by atoms with Crippen LogP contribution in [0.1, 0.15) is 41.8 Å². The van der Waals surface area contributed by atoms with E-state index in [1.165, 1.54) is 16.0 Å². The molecular formula is C22H30N3O3S+. The first-order valence-corrected chi connectivity index (χ1v) is 11.1. The number of carbonyl (C=O) groups is 2. The summed E-state index contributed by atoms with van der Waals surface area (Å²) >= 11 is 1.71. The average Bonchev–Trinajstić information content (AvgIpc) is 3.25. The van der Waals surface area contributed by atoms with Crippen LogP contribution in [0, 0.1) is 6.92 Å². The van der Waals surface area contributed by atoms with E-state index in [4.69, 9.17) is 4.74 Å². The van der Waals surface area contributed by atoms with Crippen LogP contribution in [0.3, 0.4) is 0 Å². The fraction of sp³-hybridized carbons (Fsp3) is 0.455. The highest BCUT2D eigenvalue weighted by atomic mass is 32.1. The summed E-state index contributed by atoms with van der Waals surface area (Å²) in [5, 5.41) is 7.29. The maximum Gasteiger partial charge on any atom is 0.409 e. The van der Waals surface area contributed by atoms with Crippen LogP contribution < -0.4 is 10.6 Å². The molecule has 1 saturated heterocycles. The first kappa shape index (κ1) is 21.3. The molecule has 3 rings (SSSR count). The molecule has 3 N–H and O–H groups in total. The number of hydrogen-bond donors (Lipinski definition) is 2. The molecule has 6 nitrogen and oxygen atoms in total. The van der Waals surface area contributed by atoms with Crippen molar-refractivity contribution in [1.82, 2.24) is 10.2 Å². The second-order valence-corrected chi connectivity index (χ2v) is 8.35. The molecule has 1 aliphatic rings. The van der Waals surface area contributed by atoms with Gasteiger partial charge in [-0.15, -0.1) is 11.3 Å². The third-order valence-electron chi connectivity index (χ3n) is 5.21. The van der Waals surface area contributed by atoms with Gasteiger partial charge < -0.3 is 20.3 Å². The lowest BCUT2D eigenvalue weighted by Crippen LogP contribution is -2.87. The first-order valence-electron chi connectivity index (χ1n) is 10.2. The summed E-state index contributed by atoms with van der Waals surface area (Å²) in [4.78, 5) is 27.3.